The van der Waals surface area contributed by atoms with Gasteiger partial charge >= 0.3 is 0 Å². The van der Waals surface area contributed by atoms with Crippen LogP contribution in [0, 0.1) is 4.77 Å². The van der Waals surface area contributed by atoms with Crippen LogP contribution in [0.25, 0.3) is 0 Å². The summed E-state index contributed by atoms with van der Waals surface area (Å²) in [6, 6.07) is 4.68. The number of amides is 1. The smallest absolute Gasteiger partial charge is 0.251 e. The maximum atomic E-state index is 10.8. The SMILES string of the molecule is CCCc1cc(=O)[nH]c(=S)[nH]1.NC(=O)c1ccncc1. The average Bonchev–Trinajstić information content (AvgIpc) is 2.39. The standard InChI is InChI=1S/C7H10N2OS.C6H6N2O/c1-2-3-5-4-6(10)9-7(11)8-5;7-6(9)5-1-3-8-4-2-5/h4H,2-3H2,1H3,(H2,8,9,10,11);1-4H,(H2,7,9). The van der Waals surface area contributed by atoms with E-state index in [-0.39, 0.29) is 5.56 Å². The van der Waals surface area contributed by atoms with Crippen LogP contribution < -0.4 is 11.3 Å². The van der Waals surface area contributed by atoms with E-state index in [9.17, 15) is 9.59 Å². The Hall–Kier alpha value is -2.28. The Morgan fingerprint density at radius 2 is 2.00 bits per heavy atom. The molecule has 0 bridgehead atoms. The number of pyridine rings is 1. The van der Waals surface area contributed by atoms with Crippen molar-refractivity contribution in [3.63, 3.8) is 0 Å². The molecule has 4 N–H and O–H groups in total. The van der Waals surface area contributed by atoms with Gasteiger partial charge in [0, 0.05) is 29.7 Å². The highest BCUT2D eigenvalue weighted by atomic mass is 32.1. The fraction of sp³-hybridized carbons (Fsp3) is 0.231. The quantitative estimate of drug-likeness (QED) is 0.747. The number of aromatic nitrogens is 3. The number of rotatable bonds is 3. The van der Waals surface area contributed by atoms with Crippen molar-refractivity contribution in [2.24, 2.45) is 5.73 Å². The Balaban J connectivity index is 0.000000204. The lowest BCUT2D eigenvalue weighted by molar-refractivity contribution is 0.1000. The number of carbonyl (C=O) groups excluding carboxylic acids is 1. The van der Waals surface area contributed by atoms with Gasteiger partial charge in [0.15, 0.2) is 4.77 Å². The number of carbonyl (C=O) groups is 1. The van der Waals surface area contributed by atoms with Crippen LogP contribution in [-0.2, 0) is 6.42 Å². The minimum absolute atomic E-state index is 0.128. The molecule has 0 fully saturated rings. The number of H-pyrrole nitrogens is 2. The summed E-state index contributed by atoms with van der Waals surface area (Å²) in [7, 11) is 0. The predicted molar refractivity (Wildman–Crippen MR) is 79.0 cm³/mol. The molecule has 0 aliphatic rings. The molecule has 0 aliphatic carbocycles. The molecule has 0 radical (unpaired) electrons. The summed E-state index contributed by atoms with van der Waals surface area (Å²) < 4.78 is 0.404. The first-order valence-corrected chi connectivity index (χ1v) is 6.46. The van der Waals surface area contributed by atoms with E-state index >= 15 is 0 Å². The van der Waals surface area contributed by atoms with Crippen LogP contribution in [0.15, 0.2) is 35.4 Å². The van der Waals surface area contributed by atoms with Gasteiger partial charge in [0.1, 0.15) is 0 Å². The van der Waals surface area contributed by atoms with Crippen molar-refractivity contribution in [3.05, 3.63) is 57.0 Å². The summed E-state index contributed by atoms with van der Waals surface area (Å²) in [5.41, 5.74) is 6.21. The molecule has 0 aromatic carbocycles. The average molecular weight is 292 g/mol. The maximum absolute atomic E-state index is 10.8. The molecule has 20 heavy (non-hydrogen) atoms. The van der Waals surface area contributed by atoms with Crippen molar-refractivity contribution in [2.75, 3.05) is 0 Å². The lowest BCUT2D eigenvalue weighted by Crippen LogP contribution is -2.10. The summed E-state index contributed by atoms with van der Waals surface area (Å²) in [6.07, 6.45) is 4.93. The fourth-order valence-corrected chi connectivity index (χ4v) is 1.67. The predicted octanol–water partition coefficient (Wildman–Crippen LogP) is 1.57. The molecule has 0 saturated carbocycles. The highest BCUT2D eigenvalue weighted by Crippen LogP contribution is 1.93. The van der Waals surface area contributed by atoms with Crippen LogP contribution in [0.2, 0.25) is 0 Å². The van der Waals surface area contributed by atoms with Gasteiger partial charge in [-0.25, -0.2) is 0 Å². The Morgan fingerprint density at radius 1 is 1.35 bits per heavy atom. The number of primary amides is 1. The molecule has 2 aromatic rings. The van der Waals surface area contributed by atoms with E-state index in [1.165, 1.54) is 12.4 Å². The van der Waals surface area contributed by atoms with Crippen molar-refractivity contribution >= 4 is 18.1 Å². The lowest BCUT2D eigenvalue weighted by Gasteiger charge is -1.95. The molecular weight excluding hydrogens is 276 g/mol. The van der Waals surface area contributed by atoms with Gasteiger partial charge in [-0.3, -0.25) is 19.6 Å². The molecule has 0 spiro atoms. The first-order valence-electron chi connectivity index (χ1n) is 6.05. The monoisotopic (exact) mass is 292 g/mol. The number of hydrogen-bond acceptors (Lipinski definition) is 4. The summed E-state index contributed by atoms with van der Waals surface area (Å²) in [5.74, 6) is -0.419. The third kappa shape index (κ3) is 5.57. The summed E-state index contributed by atoms with van der Waals surface area (Å²) >= 11 is 4.79. The van der Waals surface area contributed by atoms with E-state index in [2.05, 4.69) is 21.9 Å². The normalized spacial score (nSPS) is 9.45. The molecule has 6 nitrogen and oxygen atoms in total. The Morgan fingerprint density at radius 3 is 2.45 bits per heavy atom. The Bertz CT molecular complexity index is 636. The second-order valence-corrected chi connectivity index (χ2v) is 4.37. The minimum atomic E-state index is -0.419. The van der Waals surface area contributed by atoms with E-state index in [0.29, 0.717) is 10.3 Å². The molecule has 0 unspecified atom stereocenters. The number of hydrogen-bond donors (Lipinski definition) is 3. The van der Waals surface area contributed by atoms with Crippen molar-refractivity contribution in [2.45, 2.75) is 19.8 Å². The van der Waals surface area contributed by atoms with Crippen LogP contribution in [0.4, 0.5) is 0 Å². The minimum Gasteiger partial charge on any atom is -0.366 e. The summed E-state index contributed by atoms with van der Waals surface area (Å²) in [4.78, 5) is 30.3. The highest BCUT2D eigenvalue weighted by Gasteiger charge is 1.94. The number of nitrogens with zero attached hydrogens (tertiary/aromatic N) is 1. The van der Waals surface area contributed by atoms with E-state index in [1.54, 1.807) is 18.2 Å². The molecule has 106 valence electrons. The third-order valence-electron chi connectivity index (χ3n) is 2.30. The topological polar surface area (TPSA) is 105 Å². The first kappa shape index (κ1) is 15.8. The maximum Gasteiger partial charge on any atom is 0.251 e. The van der Waals surface area contributed by atoms with Crippen LogP contribution in [0.1, 0.15) is 29.4 Å². The van der Waals surface area contributed by atoms with Crippen LogP contribution >= 0.6 is 12.2 Å². The van der Waals surface area contributed by atoms with Crippen molar-refractivity contribution < 1.29 is 4.79 Å². The second kappa shape index (κ2) is 8.00. The van der Waals surface area contributed by atoms with E-state index in [1.807, 2.05) is 0 Å². The first-order chi connectivity index (χ1) is 9.52. The second-order valence-electron chi connectivity index (χ2n) is 3.96. The van der Waals surface area contributed by atoms with Crippen molar-refractivity contribution in [1.82, 2.24) is 15.0 Å². The van der Waals surface area contributed by atoms with Crippen LogP contribution in [-0.4, -0.2) is 20.9 Å². The molecule has 2 heterocycles. The zero-order chi connectivity index (χ0) is 15.0. The van der Waals surface area contributed by atoms with Gasteiger partial charge in [-0.2, -0.15) is 0 Å². The van der Waals surface area contributed by atoms with E-state index in [0.717, 1.165) is 18.5 Å². The number of aromatic amines is 2. The molecule has 0 saturated heterocycles. The van der Waals surface area contributed by atoms with Crippen LogP contribution in [0.5, 0.6) is 0 Å². The largest absolute Gasteiger partial charge is 0.366 e. The molecular formula is C13H16N4O2S. The van der Waals surface area contributed by atoms with Gasteiger partial charge in [0.05, 0.1) is 0 Å². The summed E-state index contributed by atoms with van der Waals surface area (Å²) in [5, 5.41) is 0. The van der Waals surface area contributed by atoms with Gasteiger partial charge in [0.25, 0.3) is 5.56 Å². The molecule has 1 amide bonds. The number of nitrogens with two attached hydrogens (primary N) is 1. The highest BCUT2D eigenvalue weighted by molar-refractivity contribution is 7.71. The van der Waals surface area contributed by atoms with E-state index < -0.39 is 5.91 Å². The Labute approximate surface area is 121 Å². The zero-order valence-electron chi connectivity index (χ0n) is 11.1. The van der Waals surface area contributed by atoms with Gasteiger partial charge in [0.2, 0.25) is 5.91 Å². The Kier molecular flexibility index (Phi) is 6.31. The molecule has 2 rings (SSSR count). The van der Waals surface area contributed by atoms with Crippen molar-refractivity contribution in [1.29, 1.82) is 0 Å². The zero-order valence-corrected chi connectivity index (χ0v) is 11.9. The fourth-order valence-electron chi connectivity index (χ4n) is 1.44. The summed E-state index contributed by atoms with van der Waals surface area (Å²) in [6.45, 7) is 2.05. The van der Waals surface area contributed by atoms with E-state index in [4.69, 9.17) is 18.0 Å². The van der Waals surface area contributed by atoms with Crippen molar-refractivity contribution in [3.8, 4) is 0 Å². The molecule has 2 aromatic heterocycles. The number of aryl methyl sites for hydroxylation is 1. The van der Waals surface area contributed by atoms with Gasteiger partial charge in [-0.05, 0) is 30.8 Å². The lowest BCUT2D eigenvalue weighted by atomic mass is 10.2. The van der Waals surface area contributed by atoms with Gasteiger partial charge < -0.3 is 10.7 Å². The van der Waals surface area contributed by atoms with Crippen LogP contribution in [0.3, 0.4) is 0 Å². The third-order valence-corrected chi connectivity index (χ3v) is 2.50. The van der Waals surface area contributed by atoms with Gasteiger partial charge in [-0.1, -0.05) is 13.3 Å². The molecule has 7 heteroatoms. The van der Waals surface area contributed by atoms with Gasteiger partial charge in [-0.15, -0.1) is 0 Å². The molecule has 0 atom stereocenters. The number of nitrogens with one attached hydrogen (secondary N) is 2. The molecule has 0 aliphatic heterocycles.